The lowest BCUT2D eigenvalue weighted by Gasteiger charge is -2.18. The highest BCUT2D eigenvalue weighted by atomic mass is 16.5. The molecule has 0 bridgehead atoms. The van der Waals surface area contributed by atoms with Crippen LogP contribution in [0.4, 0.5) is 0 Å². The van der Waals surface area contributed by atoms with Crippen molar-refractivity contribution in [1.82, 2.24) is 25.7 Å². The van der Waals surface area contributed by atoms with Gasteiger partial charge in [0.2, 0.25) is 11.8 Å². The molecule has 1 aromatic heterocycles. The van der Waals surface area contributed by atoms with Crippen LogP contribution in [0.25, 0.3) is 11.0 Å². The number of imidazole rings is 1. The van der Waals surface area contributed by atoms with E-state index in [0.717, 1.165) is 18.4 Å². The molecule has 3 amide bonds. The molecule has 2 aromatic rings. The minimum Gasteiger partial charge on any atom is -0.468 e. The maximum absolute atomic E-state index is 12.4. The minimum atomic E-state index is -0.628. The second kappa shape index (κ2) is 10.2. The molecular formula is C21H27N5O6. The lowest BCUT2D eigenvalue weighted by Crippen LogP contribution is -2.31. The number of hydrogen-bond acceptors (Lipinski definition) is 7. The average molecular weight is 445 g/mol. The number of carbonyl (C=O) groups is 4. The smallest absolute Gasteiger partial charge is 0.325 e. The highest BCUT2D eigenvalue weighted by Crippen LogP contribution is 2.40. The van der Waals surface area contributed by atoms with Gasteiger partial charge in [-0.3, -0.25) is 24.4 Å². The van der Waals surface area contributed by atoms with E-state index in [2.05, 4.69) is 19.9 Å². The van der Waals surface area contributed by atoms with Gasteiger partial charge in [0.15, 0.2) is 0 Å². The number of aromatic nitrogens is 2. The quantitative estimate of drug-likeness (QED) is 0.243. The van der Waals surface area contributed by atoms with Crippen molar-refractivity contribution in [3.05, 3.63) is 29.6 Å². The summed E-state index contributed by atoms with van der Waals surface area (Å²) in [5, 5.41) is 14.0. The first-order chi connectivity index (χ1) is 15.4. The highest BCUT2D eigenvalue weighted by Gasteiger charge is 2.31. The molecular weight excluding hydrogens is 418 g/mol. The SMILES string of the molecule is CCC(NC(=O)CCC(=O)NO)c1nc2cc(C(=O)NCC(=O)OC)ccc2n1C1CC1. The van der Waals surface area contributed by atoms with E-state index in [1.54, 1.807) is 12.1 Å². The van der Waals surface area contributed by atoms with Crippen molar-refractivity contribution < 1.29 is 29.1 Å². The molecule has 0 aliphatic heterocycles. The molecule has 1 aliphatic rings. The van der Waals surface area contributed by atoms with Crippen LogP contribution in [0, 0.1) is 0 Å². The van der Waals surface area contributed by atoms with Crippen molar-refractivity contribution in [3.8, 4) is 0 Å². The van der Waals surface area contributed by atoms with Crippen LogP contribution in [0.3, 0.4) is 0 Å². The predicted octanol–water partition coefficient (Wildman–Crippen LogP) is 1.13. The number of ether oxygens (including phenoxy) is 1. The molecule has 4 N–H and O–H groups in total. The Morgan fingerprint density at radius 1 is 1.22 bits per heavy atom. The molecule has 1 saturated carbocycles. The summed E-state index contributed by atoms with van der Waals surface area (Å²) in [5.41, 5.74) is 3.35. The van der Waals surface area contributed by atoms with Gasteiger partial charge in [-0.05, 0) is 37.5 Å². The summed E-state index contributed by atoms with van der Waals surface area (Å²) in [6, 6.07) is 5.05. The summed E-state index contributed by atoms with van der Waals surface area (Å²) in [4.78, 5) is 51.9. The maximum atomic E-state index is 12.4. The van der Waals surface area contributed by atoms with E-state index < -0.39 is 17.8 Å². The molecule has 1 aromatic carbocycles. The number of nitrogens with one attached hydrogen (secondary N) is 3. The Balaban J connectivity index is 1.83. The summed E-state index contributed by atoms with van der Waals surface area (Å²) in [5.74, 6) is -1.22. The Kier molecular flexibility index (Phi) is 7.41. The zero-order valence-corrected chi connectivity index (χ0v) is 18.0. The van der Waals surface area contributed by atoms with Crippen LogP contribution >= 0.6 is 0 Å². The summed E-state index contributed by atoms with van der Waals surface area (Å²) < 4.78 is 6.63. The van der Waals surface area contributed by atoms with Crippen LogP contribution in [0.2, 0.25) is 0 Å². The molecule has 11 nitrogen and oxygen atoms in total. The summed E-state index contributed by atoms with van der Waals surface area (Å²) in [6.45, 7) is 1.70. The molecule has 11 heteroatoms. The number of hydroxylamine groups is 1. The number of methoxy groups -OCH3 is 1. The fourth-order valence-electron chi connectivity index (χ4n) is 3.45. The topological polar surface area (TPSA) is 152 Å². The third kappa shape index (κ3) is 5.41. The molecule has 3 rings (SSSR count). The van der Waals surface area contributed by atoms with E-state index in [0.29, 0.717) is 23.3 Å². The zero-order chi connectivity index (χ0) is 23.3. The Morgan fingerprint density at radius 2 is 1.94 bits per heavy atom. The molecule has 1 atom stereocenters. The molecule has 1 unspecified atom stereocenters. The van der Waals surface area contributed by atoms with Gasteiger partial charge in [0.1, 0.15) is 12.4 Å². The van der Waals surface area contributed by atoms with Crippen LogP contribution < -0.4 is 16.1 Å². The van der Waals surface area contributed by atoms with Gasteiger partial charge in [0.05, 0.1) is 24.2 Å². The second-order valence-corrected chi connectivity index (χ2v) is 7.60. The normalized spacial score (nSPS) is 14.0. The maximum Gasteiger partial charge on any atom is 0.325 e. The van der Waals surface area contributed by atoms with Gasteiger partial charge in [0, 0.05) is 24.4 Å². The van der Waals surface area contributed by atoms with E-state index in [1.165, 1.54) is 12.6 Å². The van der Waals surface area contributed by atoms with Gasteiger partial charge in [-0.2, -0.15) is 0 Å². The molecule has 1 fully saturated rings. The van der Waals surface area contributed by atoms with Gasteiger partial charge in [-0.15, -0.1) is 0 Å². The molecule has 32 heavy (non-hydrogen) atoms. The average Bonchev–Trinajstić information content (AvgIpc) is 3.58. The van der Waals surface area contributed by atoms with Crippen molar-refractivity contribution in [2.45, 2.75) is 51.1 Å². The van der Waals surface area contributed by atoms with Gasteiger partial charge in [-0.25, -0.2) is 10.5 Å². The van der Waals surface area contributed by atoms with Crippen LogP contribution in [0.5, 0.6) is 0 Å². The fourth-order valence-corrected chi connectivity index (χ4v) is 3.45. The standard InChI is InChI=1S/C21H27N5O6/c1-3-14(23-17(27)8-9-18(28)25-31)20-24-15-10-12(21(30)22-11-19(29)32-2)4-7-16(15)26(20)13-5-6-13/h4,7,10,13-14,31H,3,5-6,8-9,11H2,1-2H3,(H,22,30)(H,23,27)(H,25,28). The van der Waals surface area contributed by atoms with Crippen molar-refractivity contribution in [2.75, 3.05) is 13.7 Å². The number of hydrogen-bond donors (Lipinski definition) is 4. The van der Waals surface area contributed by atoms with Crippen LogP contribution in [0.15, 0.2) is 18.2 Å². The molecule has 0 radical (unpaired) electrons. The third-order valence-electron chi connectivity index (χ3n) is 5.27. The Morgan fingerprint density at radius 3 is 2.56 bits per heavy atom. The van der Waals surface area contributed by atoms with E-state index in [1.807, 2.05) is 13.0 Å². The number of fused-ring (bicyclic) bond motifs is 1. The largest absolute Gasteiger partial charge is 0.468 e. The van der Waals surface area contributed by atoms with Crippen molar-refractivity contribution >= 4 is 34.7 Å². The van der Waals surface area contributed by atoms with Gasteiger partial charge in [0.25, 0.3) is 5.91 Å². The van der Waals surface area contributed by atoms with E-state index >= 15 is 0 Å². The first-order valence-corrected chi connectivity index (χ1v) is 10.5. The number of rotatable bonds is 10. The van der Waals surface area contributed by atoms with Gasteiger partial charge in [-0.1, -0.05) is 6.92 Å². The van der Waals surface area contributed by atoms with Crippen LogP contribution in [-0.4, -0.2) is 52.1 Å². The van der Waals surface area contributed by atoms with Gasteiger partial charge < -0.3 is 19.9 Å². The number of amides is 3. The van der Waals surface area contributed by atoms with E-state index in [-0.39, 0.29) is 37.4 Å². The zero-order valence-electron chi connectivity index (χ0n) is 18.0. The molecule has 1 heterocycles. The summed E-state index contributed by atoms with van der Waals surface area (Å²) in [6.07, 6.45) is 2.40. The monoisotopic (exact) mass is 445 g/mol. The number of carbonyl (C=O) groups excluding carboxylic acids is 4. The molecule has 0 saturated heterocycles. The van der Waals surface area contributed by atoms with E-state index in [9.17, 15) is 19.2 Å². The highest BCUT2D eigenvalue weighted by molar-refractivity contribution is 5.98. The van der Waals surface area contributed by atoms with E-state index in [4.69, 9.17) is 10.2 Å². The Bertz CT molecular complexity index is 1030. The van der Waals surface area contributed by atoms with Crippen molar-refractivity contribution in [1.29, 1.82) is 0 Å². The Labute approximate surface area is 184 Å². The summed E-state index contributed by atoms with van der Waals surface area (Å²) in [7, 11) is 1.25. The lowest BCUT2D eigenvalue weighted by molar-refractivity contribution is -0.139. The van der Waals surface area contributed by atoms with Crippen molar-refractivity contribution in [2.24, 2.45) is 0 Å². The molecule has 1 aliphatic carbocycles. The molecule has 0 spiro atoms. The van der Waals surface area contributed by atoms with Crippen LogP contribution in [-0.2, 0) is 19.1 Å². The number of esters is 1. The summed E-state index contributed by atoms with van der Waals surface area (Å²) >= 11 is 0. The second-order valence-electron chi connectivity index (χ2n) is 7.60. The lowest BCUT2D eigenvalue weighted by atomic mass is 10.2. The molecule has 172 valence electrons. The third-order valence-corrected chi connectivity index (χ3v) is 5.27. The first kappa shape index (κ1) is 23.2. The number of benzene rings is 1. The van der Waals surface area contributed by atoms with Gasteiger partial charge >= 0.3 is 5.97 Å². The fraction of sp³-hybridized carbons (Fsp3) is 0.476. The first-order valence-electron chi connectivity index (χ1n) is 10.5. The van der Waals surface area contributed by atoms with Crippen molar-refractivity contribution in [3.63, 3.8) is 0 Å². The minimum absolute atomic E-state index is 0.0585. The van der Waals surface area contributed by atoms with Crippen LogP contribution in [0.1, 0.15) is 67.3 Å². The Hall–Kier alpha value is -3.47. The predicted molar refractivity (Wildman–Crippen MR) is 113 cm³/mol. The number of nitrogens with zero attached hydrogens (tertiary/aromatic N) is 2.